The number of aromatic nitrogens is 2. The predicted molar refractivity (Wildman–Crippen MR) is 143 cm³/mol. The van der Waals surface area contributed by atoms with Crippen LogP contribution in [0.1, 0.15) is 16.6 Å². The molecule has 3 aromatic carbocycles. The smallest absolute Gasteiger partial charge is 0.267 e. The van der Waals surface area contributed by atoms with E-state index in [4.69, 9.17) is 10.7 Å². The third kappa shape index (κ3) is 3.23. The van der Waals surface area contributed by atoms with E-state index < -0.39 is 0 Å². The molecule has 0 saturated carbocycles. The molecule has 0 radical (unpaired) electrons. The van der Waals surface area contributed by atoms with Crippen molar-refractivity contribution >= 4 is 60.6 Å². The number of benzene rings is 3. The van der Waals surface area contributed by atoms with Crippen molar-refractivity contribution < 1.29 is 4.79 Å². The molecule has 0 saturated heterocycles. The van der Waals surface area contributed by atoms with E-state index in [-0.39, 0.29) is 5.91 Å². The van der Waals surface area contributed by atoms with Gasteiger partial charge in [-0.3, -0.25) is 4.79 Å². The lowest BCUT2D eigenvalue weighted by Crippen LogP contribution is -2.11. The van der Waals surface area contributed by atoms with E-state index in [1.807, 2.05) is 60.7 Å². The molecule has 0 unspecified atom stereocenters. The van der Waals surface area contributed by atoms with Crippen LogP contribution in [0.15, 0.2) is 84.9 Å². The van der Waals surface area contributed by atoms with Crippen LogP contribution in [-0.2, 0) is 6.54 Å². The molecule has 6 aromatic rings. The first kappa shape index (κ1) is 20.4. The Labute approximate surface area is 200 Å². The van der Waals surface area contributed by atoms with E-state index in [1.165, 1.54) is 22.2 Å². The van der Waals surface area contributed by atoms with Crippen LogP contribution in [0.2, 0.25) is 0 Å². The topological polar surface area (TPSA) is 72.9 Å². The molecule has 166 valence electrons. The second-order valence-corrected chi connectivity index (χ2v) is 9.21. The monoisotopic (exact) mass is 462 g/mol. The van der Waals surface area contributed by atoms with Crippen molar-refractivity contribution in [2.45, 2.75) is 13.5 Å². The average Bonchev–Trinajstić information content (AvgIpc) is 3.38. The quantitative estimate of drug-likeness (QED) is 0.298. The number of nitrogens with two attached hydrogens (primary N) is 1. The molecule has 0 aliphatic carbocycles. The van der Waals surface area contributed by atoms with Crippen LogP contribution in [0, 0.1) is 0 Å². The van der Waals surface area contributed by atoms with E-state index in [1.54, 1.807) is 0 Å². The zero-order valence-electron chi connectivity index (χ0n) is 18.6. The van der Waals surface area contributed by atoms with Crippen molar-refractivity contribution in [2.75, 3.05) is 11.1 Å². The van der Waals surface area contributed by atoms with Gasteiger partial charge in [-0.1, -0.05) is 48.5 Å². The number of anilines is 2. The van der Waals surface area contributed by atoms with Crippen LogP contribution >= 0.6 is 11.3 Å². The van der Waals surface area contributed by atoms with Crippen molar-refractivity contribution in [3.05, 3.63) is 89.8 Å². The van der Waals surface area contributed by atoms with Crippen LogP contribution in [-0.4, -0.2) is 15.5 Å². The standard InChI is InChI=1S/C28H22N4OS/c1-2-32-23-11-7-6-10-19(23)21-16-18(12-15-24(21)32)30-27(33)26-25(29)20-13-14-22(31-28(20)34-26)17-8-4-3-5-9-17/h3-16H,2,29H2,1H3,(H,30,33). The van der Waals surface area contributed by atoms with Gasteiger partial charge in [-0.25, -0.2) is 4.98 Å². The summed E-state index contributed by atoms with van der Waals surface area (Å²) in [7, 11) is 0. The first-order chi connectivity index (χ1) is 16.6. The number of hydrogen-bond donors (Lipinski definition) is 2. The normalized spacial score (nSPS) is 11.4. The van der Waals surface area contributed by atoms with Gasteiger partial charge in [-0.2, -0.15) is 0 Å². The first-order valence-electron chi connectivity index (χ1n) is 11.2. The van der Waals surface area contributed by atoms with Gasteiger partial charge >= 0.3 is 0 Å². The van der Waals surface area contributed by atoms with E-state index in [0.29, 0.717) is 10.6 Å². The summed E-state index contributed by atoms with van der Waals surface area (Å²) in [5.41, 5.74) is 11.8. The highest BCUT2D eigenvalue weighted by Gasteiger charge is 2.19. The number of carbonyl (C=O) groups excluding carboxylic acids is 1. The number of fused-ring (bicyclic) bond motifs is 4. The van der Waals surface area contributed by atoms with Crippen molar-refractivity contribution in [1.29, 1.82) is 0 Å². The number of nitrogens with zero attached hydrogens (tertiary/aromatic N) is 2. The molecule has 6 rings (SSSR count). The molecule has 3 N–H and O–H groups in total. The Kier molecular flexibility index (Phi) is 4.81. The number of pyridine rings is 1. The van der Waals surface area contributed by atoms with Crippen molar-refractivity contribution in [1.82, 2.24) is 9.55 Å². The fourth-order valence-electron chi connectivity index (χ4n) is 4.60. The van der Waals surface area contributed by atoms with Gasteiger partial charge in [0.25, 0.3) is 5.91 Å². The Hall–Kier alpha value is -4.16. The van der Waals surface area contributed by atoms with Gasteiger partial charge < -0.3 is 15.6 Å². The molecule has 0 bridgehead atoms. The molecule has 0 aliphatic rings. The molecule has 0 atom stereocenters. The van der Waals surface area contributed by atoms with Crippen LogP contribution in [0.4, 0.5) is 11.4 Å². The highest BCUT2D eigenvalue weighted by molar-refractivity contribution is 7.21. The Morgan fingerprint density at radius 3 is 2.50 bits per heavy atom. The number of carbonyl (C=O) groups is 1. The lowest BCUT2D eigenvalue weighted by Gasteiger charge is -2.06. The van der Waals surface area contributed by atoms with Crippen LogP contribution in [0.3, 0.4) is 0 Å². The molecule has 0 aliphatic heterocycles. The van der Waals surface area contributed by atoms with Crippen molar-refractivity contribution in [3.8, 4) is 11.3 Å². The summed E-state index contributed by atoms with van der Waals surface area (Å²) in [6.45, 7) is 3.02. The lowest BCUT2D eigenvalue weighted by atomic mass is 10.1. The van der Waals surface area contributed by atoms with Crippen LogP contribution in [0.25, 0.3) is 43.3 Å². The Balaban J connectivity index is 1.36. The molecule has 3 aromatic heterocycles. The SMILES string of the molecule is CCn1c2ccccc2c2cc(NC(=O)c3sc4nc(-c5ccccc5)ccc4c3N)ccc21. The van der Waals surface area contributed by atoms with E-state index in [0.717, 1.165) is 44.6 Å². The molecule has 5 nitrogen and oxygen atoms in total. The average molecular weight is 463 g/mol. The number of thiophene rings is 1. The van der Waals surface area contributed by atoms with Crippen molar-refractivity contribution in [3.63, 3.8) is 0 Å². The van der Waals surface area contributed by atoms with E-state index in [2.05, 4.69) is 41.1 Å². The van der Waals surface area contributed by atoms with Gasteiger partial charge in [0.1, 0.15) is 9.71 Å². The summed E-state index contributed by atoms with van der Waals surface area (Å²) in [6, 6.07) is 28.3. The molecule has 3 heterocycles. The minimum absolute atomic E-state index is 0.222. The Morgan fingerprint density at radius 1 is 0.912 bits per heavy atom. The zero-order chi connectivity index (χ0) is 23.2. The number of para-hydroxylation sites is 1. The van der Waals surface area contributed by atoms with Gasteiger partial charge in [0, 0.05) is 45.0 Å². The Morgan fingerprint density at radius 2 is 1.68 bits per heavy atom. The molecule has 1 amide bonds. The summed E-state index contributed by atoms with van der Waals surface area (Å²) < 4.78 is 2.29. The van der Waals surface area contributed by atoms with Gasteiger partial charge in [0.2, 0.25) is 0 Å². The maximum absolute atomic E-state index is 13.2. The molecule has 0 spiro atoms. The molecular weight excluding hydrogens is 440 g/mol. The number of hydrogen-bond acceptors (Lipinski definition) is 4. The molecule has 0 fully saturated rings. The fraction of sp³-hybridized carbons (Fsp3) is 0.0714. The van der Waals surface area contributed by atoms with Crippen LogP contribution < -0.4 is 11.1 Å². The summed E-state index contributed by atoms with van der Waals surface area (Å²) in [5.74, 6) is -0.222. The second kappa shape index (κ2) is 8.01. The second-order valence-electron chi connectivity index (χ2n) is 8.21. The maximum Gasteiger partial charge on any atom is 0.267 e. The molecular formula is C28H22N4OS. The van der Waals surface area contributed by atoms with Gasteiger partial charge in [0.05, 0.1) is 11.4 Å². The predicted octanol–water partition coefficient (Wildman–Crippen LogP) is 6.93. The number of amides is 1. The molecule has 6 heteroatoms. The summed E-state index contributed by atoms with van der Waals surface area (Å²) >= 11 is 1.32. The number of aryl methyl sites for hydroxylation is 1. The third-order valence-corrected chi connectivity index (χ3v) is 7.33. The number of rotatable bonds is 4. The maximum atomic E-state index is 13.2. The summed E-state index contributed by atoms with van der Waals surface area (Å²) in [6.07, 6.45) is 0. The zero-order valence-corrected chi connectivity index (χ0v) is 19.4. The van der Waals surface area contributed by atoms with Crippen molar-refractivity contribution in [2.24, 2.45) is 0 Å². The van der Waals surface area contributed by atoms with E-state index in [9.17, 15) is 4.79 Å². The number of nitrogens with one attached hydrogen (secondary N) is 1. The lowest BCUT2D eigenvalue weighted by molar-refractivity contribution is 0.103. The highest BCUT2D eigenvalue weighted by Crippen LogP contribution is 2.35. The van der Waals surface area contributed by atoms with E-state index >= 15 is 0 Å². The third-order valence-electron chi connectivity index (χ3n) is 6.22. The summed E-state index contributed by atoms with van der Waals surface area (Å²) in [5, 5.41) is 6.14. The van der Waals surface area contributed by atoms with Crippen LogP contribution in [0.5, 0.6) is 0 Å². The minimum atomic E-state index is -0.222. The van der Waals surface area contributed by atoms with Gasteiger partial charge in [-0.15, -0.1) is 11.3 Å². The molecule has 34 heavy (non-hydrogen) atoms. The fourth-order valence-corrected chi connectivity index (χ4v) is 5.58. The minimum Gasteiger partial charge on any atom is -0.397 e. The Bertz CT molecular complexity index is 1700. The highest BCUT2D eigenvalue weighted by atomic mass is 32.1. The largest absolute Gasteiger partial charge is 0.397 e. The van der Waals surface area contributed by atoms with Gasteiger partial charge in [0.15, 0.2) is 0 Å². The first-order valence-corrected chi connectivity index (χ1v) is 12.0. The van der Waals surface area contributed by atoms with Gasteiger partial charge in [-0.05, 0) is 43.3 Å². The summed E-state index contributed by atoms with van der Waals surface area (Å²) in [4.78, 5) is 19.2. The number of nitrogen functional groups attached to an aromatic ring is 1.